The molecule has 29 heavy (non-hydrogen) atoms. The summed E-state index contributed by atoms with van der Waals surface area (Å²) in [4.78, 5) is 14.0. The fourth-order valence-corrected chi connectivity index (χ4v) is 4.32. The molecule has 5 rings (SSSR count). The van der Waals surface area contributed by atoms with E-state index in [4.69, 9.17) is 0 Å². The number of benzene rings is 2. The Morgan fingerprint density at radius 1 is 0.690 bits per heavy atom. The van der Waals surface area contributed by atoms with Gasteiger partial charge in [0.05, 0.1) is 6.04 Å². The molecule has 0 atom stereocenters. The number of hydrogen-bond donors (Lipinski definition) is 0. The molecule has 0 saturated carbocycles. The van der Waals surface area contributed by atoms with Crippen LogP contribution in [0.3, 0.4) is 0 Å². The number of nitrogens with zero attached hydrogens (tertiary/aromatic N) is 4. The summed E-state index contributed by atoms with van der Waals surface area (Å²) in [6.45, 7) is 3.90. The van der Waals surface area contributed by atoms with Gasteiger partial charge >= 0.3 is 0 Å². The molecule has 1 saturated heterocycles. The van der Waals surface area contributed by atoms with Crippen LogP contribution in [-0.4, -0.2) is 41.0 Å². The van der Waals surface area contributed by atoms with Crippen molar-refractivity contribution in [1.29, 1.82) is 0 Å². The molecule has 1 fully saturated rings. The summed E-state index contributed by atoms with van der Waals surface area (Å²) in [5, 5.41) is 2.32. The van der Waals surface area contributed by atoms with Crippen LogP contribution >= 0.6 is 0 Å². The lowest BCUT2D eigenvalue weighted by Crippen LogP contribution is -2.48. The maximum Gasteiger partial charge on any atom is 0.138 e. The van der Waals surface area contributed by atoms with Gasteiger partial charge in [-0.05, 0) is 28.6 Å². The smallest absolute Gasteiger partial charge is 0.138 e. The lowest BCUT2D eigenvalue weighted by atomic mass is 9.96. The molecule has 1 aliphatic rings. The van der Waals surface area contributed by atoms with E-state index >= 15 is 0 Å². The summed E-state index contributed by atoms with van der Waals surface area (Å²) in [5.74, 6) is 1.05. The Bertz CT molecular complexity index is 1030. The van der Waals surface area contributed by atoms with Gasteiger partial charge in [-0.15, -0.1) is 0 Å². The van der Waals surface area contributed by atoms with Crippen LogP contribution in [0.1, 0.15) is 17.2 Å². The molecule has 2 aromatic carbocycles. The van der Waals surface area contributed by atoms with E-state index in [-0.39, 0.29) is 6.04 Å². The average molecular weight is 380 g/mol. The number of fused-ring (bicyclic) bond motifs is 1. The Kier molecular flexibility index (Phi) is 4.93. The third-order valence-electron chi connectivity index (χ3n) is 5.76. The van der Waals surface area contributed by atoms with Crippen LogP contribution in [-0.2, 0) is 0 Å². The highest BCUT2D eigenvalue weighted by molar-refractivity contribution is 5.91. The molecule has 0 N–H and O–H groups in total. The van der Waals surface area contributed by atoms with Crippen molar-refractivity contribution >= 4 is 16.6 Å². The van der Waals surface area contributed by atoms with Gasteiger partial charge in [-0.1, -0.05) is 60.7 Å². The van der Waals surface area contributed by atoms with Gasteiger partial charge in [-0.25, -0.2) is 4.98 Å². The van der Waals surface area contributed by atoms with Crippen molar-refractivity contribution in [1.82, 2.24) is 14.9 Å². The number of piperazine rings is 1. The SMILES string of the molecule is c1ccc(C(c2ccccc2)N2CCN(c3nccc4ccncc34)CC2)cc1. The molecule has 2 aromatic heterocycles. The van der Waals surface area contributed by atoms with Gasteiger partial charge in [-0.3, -0.25) is 9.88 Å². The predicted molar refractivity (Wildman–Crippen MR) is 118 cm³/mol. The summed E-state index contributed by atoms with van der Waals surface area (Å²) < 4.78 is 0. The second-order valence-electron chi connectivity index (χ2n) is 7.48. The minimum absolute atomic E-state index is 0.279. The standard InChI is InChI=1S/C25H24N4/c1-3-7-21(8-4-1)24(22-9-5-2-6-10-22)28-15-17-29(18-16-28)25-23-19-26-13-11-20(23)12-14-27-25/h1-14,19,24H,15-18H2. The molecule has 144 valence electrons. The lowest BCUT2D eigenvalue weighted by molar-refractivity contribution is 0.212. The van der Waals surface area contributed by atoms with Gasteiger partial charge in [0.15, 0.2) is 0 Å². The first-order chi connectivity index (χ1) is 14.4. The molecule has 0 aliphatic carbocycles. The molecule has 0 radical (unpaired) electrons. The molecule has 0 unspecified atom stereocenters. The average Bonchev–Trinajstić information content (AvgIpc) is 2.81. The third-order valence-corrected chi connectivity index (χ3v) is 5.76. The molecule has 1 aliphatic heterocycles. The van der Waals surface area contributed by atoms with Crippen molar-refractivity contribution in [2.75, 3.05) is 31.1 Å². The van der Waals surface area contributed by atoms with E-state index in [9.17, 15) is 0 Å². The molecule has 4 heteroatoms. The molecule has 4 aromatic rings. The van der Waals surface area contributed by atoms with Crippen LogP contribution < -0.4 is 4.90 Å². The van der Waals surface area contributed by atoms with Crippen molar-refractivity contribution in [3.63, 3.8) is 0 Å². The van der Waals surface area contributed by atoms with Crippen LogP contribution in [0.4, 0.5) is 5.82 Å². The van der Waals surface area contributed by atoms with E-state index in [1.54, 1.807) is 0 Å². The molecule has 0 bridgehead atoms. The van der Waals surface area contributed by atoms with Gasteiger partial charge in [0, 0.05) is 50.2 Å². The quantitative estimate of drug-likeness (QED) is 0.520. The number of aromatic nitrogens is 2. The summed E-state index contributed by atoms with van der Waals surface area (Å²) >= 11 is 0. The maximum atomic E-state index is 4.68. The van der Waals surface area contributed by atoms with Crippen molar-refractivity contribution < 1.29 is 0 Å². The minimum Gasteiger partial charge on any atom is -0.353 e. The molecule has 3 heterocycles. The van der Waals surface area contributed by atoms with E-state index in [0.717, 1.165) is 37.4 Å². The summed E-state index contributed by atoms with van der Waals surface area (Å²) in [5.41, 5.74) is 2.69. The van der Waals surface area contributed by atoms with E-state index in [2.05, 4.69) is 92.6 Å². The van der Waals surface area contributed by atoms with Crippen molar-refractivity contribution in [3.8, 4) is 0 Å². The molecular formula is C25H24N4. The number of hydrogen-bond acceptors (Lipinski definition) is 4. The van der Waals surface area contributed by atoms with Gasteiger partial charge in [0.1, 0.15) is 5.82 Å². The zero-order chi connectivity index (χ0) is 19.5. The predicted octanol–water partition coefficient (Wildman–Crippen LogP) is 4.54. The number of anilines is 1. The second kappa shape index (κ2) is 8.02. The van der Waals surface area contributed by atoms with E-state index in [1.165, 1.54) is 16.5 Å². The molecular weight excluding hydrogens is 356 g/mol. The monoisotopic (exact) mass is 380 g/mol. The van der Waals surface area contributed by atoms with Crippen molar-refractivity contribution in [2.45, 2.75) is 6.04 Å². The number of pyridine rings is 2. The highest BCUT2D eigenvalue weighted by Gasteiger charge is 2.27. The summed E-state index contributed by atoms with van der Waals surface area (Å²) in [7, 11) is 0. The zero-order valence-corrected chi connectivity index (χ0v) is 16.4. The molecule has 0 amide bonds. The Hall–Kier alpha value is -3.24. The second-order valence-corrected chi connectivity index (χ2v) is 7.48. The Balaban J connectivity index is 1.41. The lowest BCUT2D eigenvalue weighted by Gasteiger charge is -2.40. The van der Waals surface area contributed by atoms with Gasteiger partial charge in [0.25, 0.3) is 0 Å². The first-order valence-electron chi connectivity index (χ1n) is 10.2. The minimum atomic E-state index is 0.279. The first-order valence-corrected chi connectivity index (χ1v) is 10.2. The van der Waals surface area contributed by atoms with Gasteiger partial charge in [-0.2, -0.15) is 0 Å². The van der Waals surface area contributed by atoms with Crippen LogP contribution in [0.25, 0.3) is 10.8 Å². The van der Waals surface area contributed by atoms with Gasteiger partial charge < -0.3 is 4.90 Å². The largest absolute Gasteiger partial charge is 0.353 e. The van der Waals surface area contributed by atoms with Crippen LogP contribution in [0.5, 0.6) is 0 Å². The van der Waals surface area contributed by atoms with Crippen LogP contribution in [0.2, 0.25) is 0 Å². The van der Waals surface area contributed by atoms with Gasteiger partial charge in [0.2, 0.25) is 0 Å². The number of rotatable bonds is 4. The van der Waals surface area contributed by atoms with E-state index in [0.29, 0.717) is 0 Å². The van der Waals surface area contributed by atoms with E-state index < -0.39 is 0 Å². The third kappa shape index (κ3) is 3.59. The van der Waals surface area contributed by atoms with Crippen LogP contribution in [0.15, 0.2) is 91.4 Å². The zero-order valence-electron chi connectivity index (χ0n) is 16.4. The van der Waals surface area contributed by atoms with Crippen LogP contribution in [0, 0.1) is 0 Å². The summed E-state index contributed by atoms with van der Waals surface area (Å²) in [6.07, 6.45) is 5.68. The Morgan fingerprint density at radius 2 is 1.31 bits per heavy atom. The van der Waals surface area contributed by atoms with E-state index in [1.807, 2.05) is 18.6 Å². The highest BCUT2D eigenvalue weighted by Crippen LogP contribution is 2.31. The molecule has 4 nitrogen and oxygen atoms in total. The van der Waals surface area contributed by atoms with Crippen molar-refractivity contribution in [2.24, 2.45) is 0 Å². The Labute approximate surface area is 171 Å². The summed E-state index contributed by atoms with van der Waals surface area (Å²) in [6, 6.07) is 26.0. The Morgan fingerprint density at radius 3 is 1.97 bits per heavy atom. The van der Waals surface area contributed by atoms with Crippen molar-refractivity contribution in [3.05, 3.63) is 103 Å². The normalized spacial score (nSPS) is 15.1. The highest BCUT2D eigenvalue weighted by atomic mass is 15.3. The topological polar surface area (TPSA) is 32.3 Å². The molecule has 0 spiro atoms. The first kappa shape index (κ1) is 17.8. The fraction of sp³-hybridized carbons (Fsp3) is 0.200. The maximum absolute atomic E-state index is 4.68. The fourth-order valence-electron chi connectivity index (χ4n) is 4.32.